The van der Waals surface area contributed by atoms with Gasteiger partial charge in [-0.15, -0.1) is 0 Å². The van der Waals surface area contributed by atoms with Crippen LogP contribution in [0.4, 0.5) is 0 Å². The molecule has 0 atom stereocenters. The maximum absolute atomic E-state index is 6.55. The van der Waals surface area contributed by atoms with Crippen LogP contribution in [0.5, 0.6) is 0 Å². The molecule has 0 aliphatic rings. The van der Waals surface area contributed by atoms with E-state index in [9.17, 15) is 0 Å². The molecule has 11 aromatic rings. The molecule has 3 heterocycles. The Kier molecular flexibility index (Phi) is 7.42. The van der Waals surface area contributed by atoms with Crippen molar-refractivity contribution in [2.24, 2.45) is 0 Å². The summed E-state index contributed by atoms with van der Waals surface area (Å²) in [5, 5.41) is 4.61. The number of rotatable bonds is 6. The van der Waals surface area contributed by atoms with Gasteiger partial charge in [0.2, 0.25) is 0 Å². The Morgan fingerprint density at radius 1 is 0.339 bits per heavy atom. The van der Waals surface area contributed by atoms with E-state index in [0.717, 1.165) is 72.0 Å². The van der Waals surface area contributed by atoms with Gasteiger partial charge in [-0.25, -0.2) is 15.0 Å². The lowest BCUT2D eigenvalue weighted by molar-refractivity contribution is 0.670. The lowest BCUT2D eigenvalue weighted by atomic mass is 9.99. The van der Waals surface area contributed by atoms with E-state index in [1.807, 2.05) is 48.5 Å². The number of nitrogens with zero attached hydrogens (tertiary/aromatic N) is 4. The minimum Gasteiger partial charge on any atom is -0.455 e. The molecule has 0 unspecified atom stereocenters. The lowest BCUT2D eigenvalue weighted by Gasteiger charge is -2.13. The second kappa shape index (κ2) is 13.0. The third-order valence-corrected chi connectivity index (χ3v) is 10.7. The summed E-state index contributed by atoms with van der Waals surface area (Å²) < 4.78 is 8.92. The zero-order valence-corrected chi connectivity index (χ0v) is 30.2. The molecule has 0 saturated carbocycles. The van der Waals surface area contributed by atoms with Gasteiger partial charge in [0, 0.05) is 55.0 Å². The van der Waals surface area contributed by atoms with Crippen molar-refractivity contribution >= 4 is 43.7 Å². The van der Waals surface area contributed by atoms with Crippen LogP contribution >= 0.6 is 0 Å². The minimum atomic E-state index is 0.618. The lowest BCUT2D eigenvalue weighted by Crippen LogP contribution is -2.01. The van der Waals surface area contributed by atoms with Crippen LogP contribution in [-0.2, 0) is 0 Å². The fourth-order valence-corrected chi connectivity index (χ4v) is 8.02. The van der Waals surface area contributed by atoms with Gasteiger partial charge in [0.15, 0.2) is 17.5 Å². The highest BCUT2D eigenvalue weighted by molar-refractivity contribution is 6.17. The van der Waals surface area contributed by atoms with Crippen molar-refractivity contribution in [3.63, 3.8) is 0 Å². The fraction of sp³-hybridized carbons (Fsp3) is 0. The van der Waals surface area contributed by atoms with Crippen LogP contribution in [-0.4, -0.2) is 19.5 Å². The van der Waals surface area contributed by atoms with Crippen LogP contribution in [0.2, 0.25) is 0 Å². The molecule has 262 valence electrons. The van der Waals surface area contributed by atoms with E-state index in [-0.39, 0.29) is 0 Å². The predicted octanol–water partition coefficient (Wildman–Crippen LogP) is 13.2. The molecule has 3 aromatic heterocycles. The molecule has 0 N–H and O–H groups in total. The van der Waals surface area contributed by atoms with Crippen LogP contribution in [0.15, 0.2) is 199 Å². The molecule has 56 heavy (non-hydrogen) atoms. The number of para-hydroxylation sites is 4. The van der Waals surface area contributed by atoms with Crippen LogP contribution in [0, 0.1) is 0 Å². The van der Waals surface area contributed by atoms with Gasteiger partial charge in [-0.05, 0) is 47.5 Å². The summed E-state index contributed by atoms with van der Waals surface area (Å²) in [5.41, 5.74) is 12.3. The van der Waals surface area contributed by atoms with Gasteiger partial charge in [0.05, 0.1) is 11.0 Å². The molecular formula is C51H32N4O. The summed E-state index contributed by atoms with van der Waals surface area (Å²) in [5.74, 6) is 1.88. The first-order valence-corrected chi connectivity index (χ1v) is 18.8. The average molecular weight is 717 g/mol. The van der Waals surface area contributed by atoms with E-state index in [0.29, 0.717) is 17.5 Å². The zero-order valence-electron chi connectivity index (χ0n) is 30.2. The third-order valence-electron chi connectivity index (χ3n) is 10.7. The van der Waals surface area contributed by atoms with E-state index in [1.165, 1.54) is 16.3 Å². The standard InChI is InChI=1S/C51H32N4O/c1-3-13-33(14-4-1)34-25-27-36(28-26-34)50-52-49(35-15-5-2-6-16-35)53-51(54-50)37-29-31-38(32-30-37)55-45-23-9-7-17-39(45)41-19-11-20-42(47(41)55)44-22-12-21-43-40-18-8-10-24-46(40)56-48(43)44/h1-32H. The molecule has 11 rings (SSSR count). The summed E-state index contributed by atoms with van der Waals surface area (Å²) in [6.07, 6.45) is 0. The molecule has 0 saturated heterocycles. The predicted molar refractivity (Wildman–Crippen MR) is 229 cm³/mol. The molecule has 0 amide bonds. The number of furan rings is 1. The number of fused-ring (bicyclic) bond motifs is 6. The maximum Gasteiger partial charge on any atom is 0.164 e. The fourth-order valence-electron chi connectivity index (χ4n) is 8.02. The van der Waals surface area contributed by atoms with Gasteiger partial charge in [-0.2, -0.15) is 0 Å². The molecule has 5 heteroatoms. The number of aromatic nitrogens is 4. The highest BCUT2D eigenvalue weighted by Crippen LogP contribution is 2.42. The highest BCUT2D eigenvalue weighted by atomic mass is 16.3. The first-order chi connectivity index (χ1) is 27.8. The second-order valence-electron chi connectivity index (χ2n) is 14.0. The number of benzene rings is 8. The summed E-state index contributed by atoms with van der Waals surface area (Å²) in [7, 11) is 0. The van der Waals surface area contributed by atoms with E-state index >= 15 is 0 Å². The molecule has 8 aromatic carbocycles. The Labute approximate surface area is 322 Å². The summed E-state index contributed by atoms with van der Waals surface area (Å²) in [6, 6.07) is 67.4. The molecular weight excluding hydrogens is 685 g/mol. The smallest absolute Gasteiger partial charge is 0.164 e. The topological polar surface area (TPSA) is 56.7 Å². The Bertz CT molecular complexity index is 3220. The first kappa shape index (κ1) is 31.9. The van der Waals surface area contributed by atoms with E-state index in [1.54, 1.807) is 0 Å². The van der Waals surface area contributed by atoms with Gasteiger partial charge in [0.1, 0.15) is 11.2 Å². The highest BCUT2D eigenvalue weighted by Gasteiger charge is 2.20. The number of hydrogen-bond donors (Lipinski definition) is 0. The minimum absolute atomic E-state index is 0.618. The van der Waals surface area contributed by atoms with Crippen molar-refractivity contribution in [3.8, 4) is 62.1 Å². The second-order valence-corrected chi connectivity index (χ2v) is 14.0. The quantitative estimate of drug-likeness (QED) is 0.172. The van der Waals surface area contributed by atoms with Gasteiger partial charge in [-0.3, -0.25) is 0 Å². The first-order valence-electron chi connectivity index (χ1n) is 18.8. The summed E-state index contributed by atoms with van der Waals surface area (Å²) in [4.78, 5) is 15.0. The molecule has 0 aliphatic heterocycles. The molecule has 0 spiro atoms. The van der Waals surface area contributed by atoms with Crippen LogP contribution in [0.25, 0.3) is 106 Å². The summed E-state index contributed by atoms with van der Waals surface area (Å²) in [6.45, 7) is 0. The third kappa shape index (κ3) is 5.29. The van der Waals surface area contributed by atoms with Crippen LogP contribution in [0.3, 0.4) is 0 Å². The van der Waals surface area contributed by atoms with Crippen molar-refractivity contribution < 1.29 is 4.42 Å². The van der Waals surface area contributed by atoms with Crippen molar-refractivity contribution in [1.82, 2.24) is 19.5 Å². The zero-order chi connectivity index (χ0) is 37.0. The van der Waals surface area contributed by atoms with Crippen LogP contribution < -0.4 is 0 Å². The Hall–Kier alpha value is -7.63. The Morgan fingerprint density at radius 3 is 1.52 bits per heavy atom. The Morgan fingerprint density at radius 2 is 0.821 bits per heavy atom. The number of hydrogen-bond acceptors (Lipinski definition) is 4. The van der Waals surface area contributed by atoms with E-state index < -0.39 is 0 Å². The molecule has 0 radical (unpaired) electrons. The van der Waals surface area contributed by atoms with Crippen molar-refractivity contribution in [3.05, 3.63) is 194 Å². The average Bonchev–Trinajstić information content (AvgIpc) is 3.83. The van der Waals surface area contributed by atoms with Crippen LogP contribution in [0.1, 0.15) is 0 Å². The van der Waals surface area contributed by atoms with Crippen molar-refractivity contribution in [2.45, 2.75) is 0 Å². The van der Waals surface area contributed by atoms with Crippen molar-refractivity contribution in [2.75, 3.05) is 0 Å². The molecule has 0 fully saturated rings. The SMILES string of the molecule is c1ccc(-c2ccc(-c3nc(-c4ccccc4)nc(-c4ccc(-n5c6ccccc6c6cccc(-c7cccc8c7oc7ccccc78)c65)cc4)n3)cc2)cc1. The molecule has 0 bridgehead atoms. The van der Waals surface area contributed by atoms with Gasteiger partial charge in [0.25, 0.3) is 0 Å². The van der Waals surface area contributed by atoms with Gasteiger partial charge in [-0.1, -0.05) is 158 Å². The molecule has 0 aliphatic carbocycles. The van der Waals surface area contributed by atoms with Crippen molar-refractivity contribution in [1.29, 1.82) is 0 Å². The van der Waals surface area contributed by atoms with Gasteiger partial charge < -0.3 is 8.98 Å². The van der Waals surface area contributed by atoms with E-state index in [2.05, 4.69) is 150 Å². The normalized spacial score (nSPS) is 11.6. The maximum atomic E-state index is 6.55. The molecule has 5 nitrogen and oxygen atoms in total. The monoisotopic (exact) mass is 716 g/mol. The summed E-state index contributed by atoms with van der Waals surface area (Å²) >= 11 is 0. The Balaban J connectivity index is 1.05. The van der Waals surface area contributed by atoms with E-state index in [4.69, 9.17) is 19.4 Å². The van der Waals surface area contributed by atoms with Gasteiger partial charge >= 0.3 is 0 Å². The largest absolute Gasteiger partial charge is 0.455 e.